The second kappa shape index (κ2) is 2.81. The number of nitrogens with zero attached hydrogens (tertiary/aromatic N) is 1. The molecule has 1 aliphatic heterocycles. The standard InChI is InChI=1S/C8H8N2O2/c11-6-3-4-9-10-8(6)7-2-1-5-12-7/h1-2,5,9H,3-4H2. The van der Waals surface area contributed by atoms with Crippen molar-refractivity contribution < 1.29 is 9.21 Å². The lowest BCUT2D eigenvalue weighted by molar-refractivity contribution is -0.113. The third-order valence-corrected chi connectivity index (χ3v) is 1.67. The molecule has 0 amide bonds. The third kappa shape index (κ3) is 1.11. The summed E-state index contributed by atoms with van der Waals surface area (Å²) >= 11 is 0. The molecular formula is C8H8N2O2. The Labute approximate surface area is 69.3 Å². The van der Waals surface area contributed by atoms with Crippen LogP contribution in [0.25, 0.3) is 0 Å². The van der Waals surface area contributed by atoms with Crippen LogP contribution in [0, 0.1) is 0 Å². The summed E-state index contributed by atoms with van der Waals surface area (Å²) in [7, 11) is 0. The molecule has 1 aromatic heterocycles. The average Bonchev–Trinajstić information content (AvgIpc) is 2.57. The van der Waals surface area contributed by atoms with Gasteiger partial charge in [-0.1, -0.05) is 0 Å². The average molecular weight is 164 g/mol. The van der Waals surface area contributed by atoms with Crippen molar-refractivity contribution in [2.75, 3.05) is 6.54 Å². The smallest absolute Gasteiger partial charge is 0.188 e. The number of rotatable bonds is 1. The Kier molecular flexibility index (Phi) is 1.66. The van der Waals surface area contributed by atoms with E-state index < -0.39 is 0 Å². The van der Waals surface area contributed by atoms with E-state index in [9.17, 15) is 4.79 Å². The van der Waals surface area contributed by atoms with Crippen molar-refractivity contribution >= 4 is 11.5 Å². The summed E-state index contributed by atoms with van der Waals surface area (Å²) in [6, 6.07) is 3.46. The Morgan fingerprint density at radius 3 is 3.17 bits per heavy atom. The molecule has 0 aromatic carbocycles. The molecule has 1 N–H and O–H groups in total. The SMILES string of the molecule is O=C1CCNN=C1c1ccco1. The lowest BCUT2D eigenvalue weighted by atomic mass is 10.1. The second-order valence-corrected chi connectivity index (χ2v) is 2.52. The fourth-order valence-electron chi connectivity index (χ4n) is 1.09. The van der Waals surface area contributed by atoms with E-state index in [0.717, 1.165) is 0 Å². The molecule has 0 bridgehead atoms. The zero-order valence-electron chi connectivity index (χ0n) is 6.41. The summed E-state index contributed by atoms with van der Waals surface area (Å²) in [5, 5.41) is 3.88. The van der Waals surface area contributed by atoms with E-state index >= 15 is 0 Å². The van der Waals surface area contributed by atoms with E-state index in [1.165, 1.54) is 6.26 Å². The maximum Gasteiger partial charge on any atom is 0.188 e. The Morgan fingerprint density at radius 2 is 2.50 bits per heavy atom. The molecule has 0 saturated heterocycles. The Bertz CT molecular complexity index is 314. The minimum absolute atomic E-state index is 0.0312. The maximum atomic E-state index is 11.3. The molecular weight excluding hydrogens is 156 g/mol. The lowest BCUT2D eigenvalue weighted by Gasteiger charge is -2.08. The maximum absolute atomic E-state index is 11.3. The predicted molar refractivity (Wildman–Crippen MR) is 42.9 cm³/mol. The number of ketones is 1. The molecule has 0 unspecified atom stereocenters. The Balaban J connectivity index is 2.34. The molecule has 1 aromatic rings. The first-order chi connectivity index (χ1) is 5.88. The summed E-state index contributed by atoms with van der Waals surface area (Å²) in [5.74, 6) is 0.566. The van der Waals surface area contributed by atoms with Gasteiger partial charge in [0.15, 0.2) is 17.3 Å². The van der Waals surface area contributed by atoms with E-state index in [0.29, 0.717) is 24.4 Å². The number of carbonyl (C=O) groups is 1. The molecule has 4 nitrogen and oxygen atoms in total. The molecule has 0 spiro atoms. The molecule has 0 fully saturated rings. The number of hydrogen-bond donors (Lipinski definition) is 1. The molecule has 0 aliphatic carbocycles. The number of hydrazone groups is 1. The van der Waals surface area contributed by atoms with E-state index in [4.69, 9.17) is 4.42 Å². The van der Waals surface area contributed by atoms with Gasteiger partial charge >= 0.3 is 0 Å². The van der Waals surface area contributed by atoms with Crippen LogP contribution in [0.1, 0.15) is 12.2 Å². The van der Waals surface area contributed by atoms with Gasteiger partial charge in [-0.05, 0) is 12.1 Å². The fraction of sp³-hybridized carbons (Fsp3) is 0.250. The molecule has 1 aliphatic rings. The first-order valence-corrected chi connectivity index (χ1v) is 3.75. The molecule has 0 radical (unpaired) electrons. The van der Waals surface area contributed by atoms with E-state index in [2.05, 4.69) is 10.5 Å². The highest BCUT2D eigenvalue weighted by Crippen LogP contribution is 2.06. The summed E-state index contributed by atoms with van der Waals surface area (Å²) < 4.78 is 5.05. The van der Waals surface area contributed by atoms with Gasteiger partial charge in [-0.15, -0.1) is 0 Å². The third-order valence-electron chi connectivity index (χ3n) is 1.67. The second-order valence-electron chi connectivity index (χ2n) is 2.52. The minimum Gasteiger partial charge on any atom is -0.463 e. The van der Waals surface area contributed by atoms with Crippen LogP contribution < -0.4 is 5.43 Å². The minimum atomic E-state index is 0.0312. The van der Waals surface area contributed by atoms with Crippen molar-refractivity contribution in [2.24, 2.45) is 5.10 Å². The lowest BCUT2D eigenvalue weighted by Crippen LogP contribution is -2.28. The van der Waals surface area contributed by atoms with Gasteiger partial charge in [-0.2, -0.15) is 5.10 Å². The Morgan fingerprint density at radius 1 is 1.58 bits per heavy atom. The van der Waals surface area contributed by atoms with Crippen LogP contribution in [-0.2, 0) is 4.79 Å². The van der Waals surface area contributed by atoms with E-state index in [1.54, 1.807) is 12.1 Å². The van der Waals surface area contributed by atoms with Crippen molar-refractivity contribution in [3.8, 4) is 0 Å². The monoisotopic (exact) mass is 164 g/mol. The van der Waals surface area contributed by atoms with Crippen molar-refractivity contribution in [1.29, 1.82) is 0 Å². The fourth-order valence-corrected chi connectivity index (χ4v) is 1.09. The number of furan rings is 1. The molecule has 2 rings (SSSR count). The van der Waals surface area contributed by atoms with Gasteiger partial charge in [0.05, 0.1) is 6.26 Å². The highest BCUT2D eigenvalue weighted by atomic mass is 16.3. The van der Waals surface area contributed by atoms with Gasteiger partial charge in [-0.25, -0.2) is 0 Å². The number of carbonyl (C=O) groups excluding carboxylic acids is 1. The molecule has 62 valence electrons. The summed E-state index contributed by atoms with van der Waals surface area (Å²) in [6.07, 6.45) is 2.01. The molecule has 2 heterocycles. The largest absolute Gasteiger partial charge is 0.463 e. The van der Waals surface area contributed by atoms with Crippen molar-refractivity contribution in [2.45, 2.75) is 6.42 Å². The highest BCUT2D eigenvalue weighted by Gasteiger charge is 2.19. The molecule has 0 atom stereocenters. The normalized spacial score (nSPS) is 17.0. The van der Waals surface area contributed by atoms with Crippen LogP contribution in [0.4, 0.5) is 0 Å². The van der Waals surface area contributed by atoms with Gasteiger partial charge in [-0.3, -0.25) is 4.79 Å². The molecule has 4 heteroatoms. The molecule has 12 heavy (non-hydrogen) atoms. The zero-order valence-corrected chi connectivity index (χ0v) is 6.41. The van der Waals surface area contributed by atoms with Gasteiger partial charge in [0, 0.05) is 13.0 Å². The number of hydrogen-bond acceptors (Lipinski definition) is 4. The zero-order chi connectivity index (χ0) is 8.39. The number of nitrogens with one attached hydrogen (secondary N) is 1. The van der Waals surface area contributed by atoms with Crippen LogP contribution in [-0.4, -0.2) is 18.0 Å². The highest BCUT2D eigenvalue weighted by molar-refractivity contribution is 6.45. The summed E-state index contributed by atoms with van der Waals surface area (Å²) in [4.78, 5) is 11.3. The summed E-state index contributed by atoms with van der Waals surface area (Å²) in [6.45, 7) is 0.614. The van der Waals surface area contributed by atoms with Crippen LogP contribution in [0.2, 0.25) is 0 Å². The van der Waals surface area contributed by atoms with Gasteiger partial charge in [0.1, 0.15) is 0 Å². The predicted octanol–water partition coefficient (Wildman–Crippen LogP) is 0.546. The van der Waals surface area contributed by atoms with Gasteiger partial charge in [0.25, 0.3) is 0 Å². The first-order valence-electron chi connectivity index (χ1n) is 3.75. The van der Waals surface area contributed by atoms with Crippen LogP contribution in [0.15, 0.2) is 27.9 Å². The van der Waals surface area contributed by atoms with Gasteiger partial charge < -0.3 is 9.84 Å². The van der Waals surface area contributed by atoms with E-state index in [-0.39, 0.29) is 5.78 Å². The van der Waals surface area contributed by atoms with Crippen molar-refractivity contribution in [3.05, 3.63) is 24.2 Å². The van der Waals surface area contributed by atoms with Crippen molar-refractivity contribution in [1.82, 2.24) is 5.43 Å². The van der Waals surface area contributed by atoms with Crippen LogP contribution in [0.5, 0.6) is 0 Å². The van der Waals surface area contributed by atoms with Crippen molar-refractivity contribution in [3.63, 3.8) is 0 Å². The molecule has 0 saturated carbocycles. The quantitative estimate of drug-likeness (QED) is 0.659. The first kappa shape index (κ1) is 7.09. The van der Waals surface area contributed by atoms with Crippen LogP contribution >= 0.6 is 0 Å². The van der Waals surface area contributed by atoms with E-state index in [1.807, 2.05) is 0 Å². The van der Waals surface area contributed by atoms with Crippen LogP contribution in [0.3, 0.4) is 0 Å². The number of Topliss-reactive ketones (excluding diaryl/α,β-unsaturated/α-hetero) is 1. The Hall–Kier alpha value is -1.58. The van der Waals surface area contributed by atoms with Gasteiger partial charge in [0.2, 0.25) is 0 Å². The summed E-state index contributed by atoms with van der Waals surface area (Å²) in [5.41, 5.74) is 3.16. The topological polar surface area (TPSA) is 54.6 Å².